The van der Waals surface area contributed by atoms with Gasteiger partial charge >= 0.3 is 0 Å². The highest BCUT2D eigenvalue weighted by Gasteiger charge is 2.34. The van der Waals surface area contributed by atoms with E-state index in [1.807, 2.05) is 24.3 Å². The average Bonchev–Trinajstić information content (AvgIpc) is 2.75. The van der Waals surface area contributed by atoms with E-state index in [9.17, 15) is 13.5 Å². The van der Waals surface area contributed by atoms with E-state index in [4.69, 9.17) is 5.73 Å². The molecule has 0 bridgehead atoms. The first-order valence-corrected chi connectivity index (χ1v) is 8.09. The largest absolute Gasteiger partial charge is 0.399 e. The number of nitrogens with two attached hydrogens (primary N) is 1. The van der Waals surface area contributed by atoms with Crippen LogP contribution in [0.5, 0.6) is 0 Å². The zero-order valence-corrected chi connectivity index (χ0v) is 12.0. The van der Waals surface area contributed by atoms with E-state index < -0.39 is 22.2 Å². The maximum absolute atomic E-state index is 12.4. The van der Waals surface area contributed by atoms with Gasteiger partial charge in [-0.05, 0) is 29.3 Å². The fourth-order valence-corrected chi connectivity index (χ4v) is 3.94. The van der Waals surface area contributed by atoms with Crippen molar-refractivity contribution in [3.8, 4) is 0 Å². The zero-order valence-electron chi connectivity index (χ0n) is 11.2. The summed E-state index contributed by atoms with van der Waals surface area (Å²) in [6, 6.07) is 12.9. The highest BCUT2D eigenvalue weighted by molar-refractivity contribution is 7.89. The minimum absolute atomic E-state index is 0.0964. The van der Waals surface area contributed by atoms with E-state index in [-0.39, 0.29) is 4.90 Å². The van der Waals surface area contributed by atoms with E-state index >= 15 is 0 Å². The van der Waals surface area contributed by atoms with Gasteiger partial charge in [0.15, 0.2) is 0 Å². The number of sulfonamides is 1. The van der Waals surface area contributed by atoms with Crippen LogP contribution in [-0.4, -0.2) is 19.6 Å². The molecule has 2 aromatic rings. The minimum Gasteiger partial charge on any atom is -0.399 e. The van der Waals surface area contributed by atoms with Crippen molar-refractivity contribution < 1.29 is 13.5 Å². The topological polar surface area (TPSA) is 92.4 Å². The van der Waals surface area contributed by atoms with Crippen molar-refractivity contribution in [2.45, 2.75) is 23.5 Å². The summed E-state index contributed by atoms with van der Waals surface area (Å²) in [5.74, 6) is 0. The number of hydrogen-bond donors (Lipinski definition) is 3. The number of anilines is 1. The Morgan fingerprint density at radius 3 is 2.67 bits per heavy atom. The minimum atomic E-state index is -3.73. The third kappa shape index (κ3) is 2.65. The average molecular weight is 304 g/mol. The van der Waals surface area contributed by atoms with Crippen molar-refractivity contribution in [2.24, 2.45) is 0 Å². The molecule has 4 N–H and O–H groups in total. The molecule has 110 valence electrons. The van der Waals surface area contributed by atoms with Crippen LogP contribution in [0.2, 0.25) is 0 Å². The van der Waals surface area contributed by atoms with E-state index in [0.29, 0.717) is 12.1 Å². The number of hydrogen-bond acceptors (Lipinski definition) is 4. The van der Waals surface area contributed by atoms with Crippen molar-refractivity contribution >= 4 is 15.7 Å². The van der Waals surface area contributed by atoms with Crippen LogP contribution in [0.1, 0.15) is 17.2 Å². The molecule has 2 aromatic carbocycles. The molecule has 0 radical (unpaired) electrons. The van der Waals surface area contributed by atoms with Crippen LogP contribution in [0.3, 0.4) is 0 Å². The summed E-state index contributed by atoms with van der Waals surface area (Å²) in [4.78, 5) is 0.0964. The van der Waals surface area contributed by atoms with E-state index in [2.05, 4.69) is 4.72 Å². The number of benzene rings is 2. The second-order valence-corrected chi connectivity index (χ2v) is 6.86. The van der Waals surface area contributed by atoms with Crippen LogP contribution < -0.4 is 10.5 Å². The summed E-state index contributed by atoms with van der Waals surface area (Å²) in [5, 5.41) is 10.1. The number of aliphatic hydroxyl groups excluding tert-OH is 1. The lowest BCUT2D eigenvalue weighted by Crippen LogP contribution is -2.33. The molecule has 6 heteroatoms. The summed E-state index contributed by atoms with van der Waals surface area (Å²) in [6.07, 6.45) is -0.321. The van der Waals surface area contributed by atoms with Crippen LogP contribution in [0.15, 0.2) is 53.4 Å². The van der Waals surface area contributed by atoms with Crippen LogP contribution in [0, 0.1) is 0 Å². The number of aliphatic hydroxyl groups is 1. The molecule has 0 aliphatic heterocycles. The summed E-state index contributed by atoms with van der Waals surface area (Å²) in [5.41, 5.74) is 7.79. The molecule has 0 unspecified atom stereocenters. The van der Waals surface area contributed by atoms with Gasteiger partial charge in [-0.1, -0.05) is 30.3 Å². The van der Waals surface area contributed by atoms with Gasteiger partial charge in [0.25, 0.3) is 0 Å². The van der Waals surface area contributed by atoms with Crippen LogP contribution >= 0.6 is 0 Å². The first kappa shape index (κ1) is 14.1. The van der Waals surface area contributed by atoms with Crippen molar-refractivity contribution in [1.29, 1.82) is 0 Å². The predicted molar refractivity (Wildman–Crippen MR) is 80.1 cm³/mol. The molecule has 5 nitrogen and oxygen atoms in total. The Hall–Kier alpha value is -1.89. The first-order chi connectivity index (χ1) is 9.97. The lowest BCUT2D eigenvalue weighted by molar-refractivity contribution is 0.151. The van der Waals surface area contributed by atoms with Gasteiger partial charge in [0.05, 0.1) is 17.0 Å². The molecule has 1 aliphatic carbocycles. The van der Waals surface area contributed by atoms with Crippen molar-refractivity contribution in [2.75, 3.05) is 5.73 Å². The van der Waals surface area contributed by atoms with Gasteiger partial charge < -0.3 is 10.8 Å². The van der Waals surface area contributed by atoms with E-state index in [1.54, 1.807) is 12.1 Å². The molecule has 2 atom stereocenters. The number of nitrogens with one attached hydrogen (secondary N) is 1. The number of nitrogen functional groups attached to an aromatic ring is 1. The standard InChI is InChI=1S/C15H16N2O3S/c16-11-5-3-6-12(9-11)21(19,20)17-15-13-7-2-1-4-10(13)8-14(15)18/h1-7,9,14-15,17-18H,8,16H2/t14-,15+/m0/s1. The maximum atomic E-state index is 12.4. The highest BCUT2D eigenvalue weighted by atomic mass is 32.2. The molecular formula is C15H16N2O3S. The third-order valence-corrected chi connectivity index (χ3v) is 5.09. The van der Waals surface area contributed by atoms with Crippen molar-refractivity contribution in [3.05, 3.63) is 59.7 Å². The van der Waals surface area contributed by atoms with E-state index in [1.165, 1.54) is 12.1 Å². The molecule has 3 rings (SSSR count). The Morgan fingerprint density at radius 1 is 1.14 bits per heavy atom. The maximum Gasteiger partial charge on any atom is 0.241 e. The Labute approximate surface area is 123 Å². The van der Waals surface area contributed by atoms with Gasteiger partial charge in [0, 0.05) is 12.1 Å². The predicted octanol–water partition coefficient (Wildman–Crippen LogP) is 1.21. The number of rotatable bonds is 3. The lowest BCUT2D eigenvalue weighted by Gasteiger charge is -2.18. The van der Waals surface area contributed by atoms with Gasteiger partial charge in [-0.2, -0.15) is 0 Å². The molecule has 0 saturated heterocycles. The Kier molecular flexibility index (Phi) is 3.44. The van der Waals surface area contributed by atoms with Crippen LogP contribution in [0.4, 0.5) is 5.69 Å². The van der Waals surface area contributed by atoms with E-state index in [0.717, 1.165) is 11.1 Å². The molecule has 1 aliphatic rings. The van der Waals surface area contributed by atoms with Crippen molar-refractivity contribution in [1.82, 2.24) is 4.72 Å². The number of fused-ring (bicyclic) bond motifs is 1. The van der Waals surface area contributed by atoms with Crippen molar-refractivity contribution in [3.63, 3.8) is 0 Å². The smallest absolute Gasteiger partial charge is 0.241 e. The molecule has 21 heavy (non-hydrogen) atoms. The molecule has 0 heterocycles. The molecule has 0 fully saturated rings. The molecule has 0 saturated carbocycles. The Balaban J connectivity index is 1.93. The second-order valence-electron chi connectivity index (χ2n) is 5.14. The fraction of sp³-hybridized carbons (Fsp3) is 0.200. The highest BCUT2D eigenvalue weighted by Crippen LogP contribution is 2.32. The van der Waals surface area contributed by atoms with Gasteiger partial charge in [-0.15, -0.1) is 0 Å². The first-order valence-electron chi connectivity index (χ1n) is 6.61. The Bertz CT molecular complexity index is 774. The third-order valence-electron chi connectivity index (χ3n) is 3.65. The SMILES string of the molecule is Nc1cccc(S(=O)(=O)N[C@@H]2c3ccccc3C[C@@H]2O)c1. The van der Waals surface area contributed by atoms with Crippen LogP contribution in [0.25, 0.3) is 0 Å². The van der Waals surface area contributed by atoms with Gasteiger partial charge in [-0.3, -0.25) is 0 Å². The summed E-state index contributed by atoms with van der Waals surface area (Å²) in [7, 11) is -3.73. The van der Waals surface area contributed by atoms with Gasteiger partial charge in [0.1, 0.15) is 0 Å². The summed E-state index contributed by atoms with van der Waals surface area (Å²) >= 11 is 0. The normalized spacial score (nSPS) is 21.2. The molecule has 0 aromatic heterocycles. The summed E-state index contributed by atoms with van der Waals surface area (Å²) < 4.78 is 27.4. The quantitative estimate of drug-likeness (QED) is 0.743. The van der Waals surface area contributed by atoms with Crippen LogP contribution in [-0.2, 0) is 16.4 Å². The van der Waals surface area contributed by atoms with Gasteiger partial charge in [-0.25, -0.2) is 13.1 Å². The fourth-order valence-electron chi connectivity index (χ4n) is 2.63. The Morgan fingerprint density at radius 2 is 1.90 bits per heavy atom. The lowest BCUT2D eigenvalue weighted by atomic mass is 10.1. The zero-order chi connectivity index (χ0) is 15.0. The second kappa shape index (κ2) is 5.14. The monoisotopic (exact) mass is 304 g/mol. The molecule has 0 amide bonds. The van der Waals surface area contributed by atoms with Gasteiger partial charge in [0.2, 0.25) is 10.0 Å². The molecule has 0 spiro atoms. The summed E-state index contributed by atoms with van der Waals surface area (Å²) in [6.45, 7) is 0. The molecular weight excluding hydrogens is 288 g/mol.